The molecule has 0 rings (SSSR count). The van der Waals surface area contributed by atoms with Crippen LogP contribution in [0.2, 0.25) is 0 Å². The van der Waals surface area contributed by atoms with Crippen LogP contribution < -0.4 is 10.6 Å². The molecule has 0 spiro atoms. The molecule has 0 aliphatic heterocycles. The summed E-state index contributed by atoms with van der Waals surface area (Å²) in [7, 11) is 0. The van der Waals surface area contributed by atoms with E-state index < -0.39 is 0 Å². The summed E-state index contributed by atoms with van der Waals surface area (Å²) < 4.78 is 0. The van der Waals surface area contributed by atoms with Crippen molar-refractivity contribution >= 4 is 11.8 Å². The molecule has 4 nitrogen and oxygen atoms in total. The van der Waals surface area contributed by atoms with Crippen molar-refractivity contribution < 1.29 is 9.59 Å². The first-order chi connectivity index (χ1) is 8.52. The fourth-order valence-electron chi connectivity index (χ4n) is 1.70. The predicted molar refractivity (Wildman–Crippen MR) is 74.2 cm³/mol. The number of carbonyl (C=O) groups is 2. The van der Waals surface area contributed by atoms with E-state index in [0.717, 1.165) is 18.9 Å². The number of carbonyl (C=O) groups excluding carboxylic acids is 2. The lowest BCUT2D eigenvalue weighted by Crippen LogP contribution is -2.30. The minimum Gasteiger partial charge on any atom is -0.356 e. The highest BCUT2D eigenvalue weighted by molar-refractivity contribution is 5.77. The van der Waals surface area contributed by atoms with Crippen LogP contribution in [-0.4, -0.2) is 24.9 Å². The van der Waals surface area contributed by atoms with E-state index in [9.17, 15) is 9.59 Å². The summed E-state index contributed by atoms with van der Waals surface area (Å²) >= 11 is 0. The molecule has 0 aromatic heterocycles. The molecule has 0 aliphatic carbocycles. The summed E-state index contributed by atoms with van der Waals surface area (Å²) in [6.45, 7) is 7.12. The quantitative estimate of drug-likeness (QED) is 0.589. The summed E-state index contributed by atoms with van der Waals surface area (Å²) in [6, 6.07) is 0. The molecule has 0 aliphatic rings. The van der Waals surface area contributed by atoms with E-state index in [2.05, 4.69) is 24.5 Å². The average molecular weight is 256 g/mol. The Hall–Kier alpha value is -1.06. The van der Waals surface area contributed by atoms with Gasteiger partial charge in [0, 0.05) is 26.4 Å². The van der Waals surface area contributed by atoms with Crippen molar-refractivity contribution in [2.24, 2.45) is 5.92 Å². The molecule has 0 saturated heterocycles. The lowest BCUT2D eigenvalue weighted by Gasteiger charge is -2.06. The zero-order valence-electron chi connectivity index (χ0n) is 12.1. The lowest BCUT2D eigenvalue weighted by molar-refractivity contribution is -0.121. The van der Waals surface area contributed by atoms with Crippen molar-refractivity contribution in [3.05, 3.63) is 0 Å². The van der Waals surface area contributed by atoms with Crippen molar-refractivity contribution in [1.29, 1.82) is 0 Å². The molecule has 0 unspecified atom stereocenters. The molecule has 0 aromatic carbocycles. The standard InChI is InChI=1S/C14H28N2O2/c1-12(2)8-6-4-5-7-10-16-14(18)9-11-15-13(3)17/h12H,4-11H2,1-3H3,(H,15,17)(H,16,18). The highest BCUT2D eigenvalue weighted by Gasteiger charge is 2.00. The van der Waals surface area contributed by atoms with Crippen LogP contribution >= 0.6 is 0 Å². The van der Waals surface area contributed by atoms with E-state index in [1.807, 2.05) is 0 Å². The van der Waals surface area contributed by atoms with E-state index >= 15 is 0 Å². The molecule has 0 saturated carbocycles. The molecule has 106 valence electrons. The van der Waals surface area contributed by atoms with Crippen molar-refractivity contribution in [3.63, 3.8) is 0 Å². The molecule has 0 radical (unpaired) electrons. The van der Waals surface area contributed by atoms with Crippen LogP contribution in [0.5, 0.6) is 0 Å². The van der Waals surface area contributed by atoms with E-state index in [1.165, 1.54) is 32.6 Å². The van der Waals surface area contributed by atoms with Gasteiger partial charge in [0.05, 0.1) is 0 Å². The Kier molecular flexibility index (Phi) is 10.4. The Labute approximate surface area is 111 Å². The number of amides is 2. The molecule has 2 amide bonds. The van der Waals surface area contributed by atoms with E-state index in [0.29, 0.717) is 13.0 Å². The van der Waals surface area contributed by atoms with Gasteiger partial charge in [-0.15, -0.1) is 0 Å². The number of hydrogen-bond donors (Lipinski definition) is 2. The van der Waals surface area contributed by atoms with Crippen molar-refractivity contribution in [2.75, 3.05) is 13.1 Å². The second-order valence-corrected chi connectivity index (χ2v) is 5.18. The zero-order chi connectivity index (χ0) is 13.8. The van der Waals surface area contributed by atoms with Crippen molar-refractivity contribution in [3.8, 4) is 0 Å². The minimum atomic E-state index is -0.0899. The average Bonchev–Trinajstić information content (AvgIpc) is 2.26. The van der Waals surface area contributed by atoms with E-state index in [-0.39, 0.29) is 11.8 Å². The highest BCUT2D eigenvalue weighted by atomic mass is 16.2. The first kappa shape index (κ1) is 16.9. The molecule has 0 fully saturated rings. The van der Waals surface area contributed by atoms with Gasteiger partial charge in [0.1, 0.15) is 0 Å². The van der Waals surface area contributed by atoms with Gasteiger partial charge in [-0.1, -0.05) is 39.5 Å². The summed E-state index contributed by atoms with van der Waals surface area (Å²) in [5, 5.41) is 5.47. The van der Waals surface area contributed by atoms with Gasteiger partial charge in [0.25, 0.3) is 0 Å². The van der Waals surface area contributed by atoms with Crippen LogP contribution in [-0.2, 0) is 9.59 Å². The zero-order valence-corrected chi connectivity index (χ0v) is 12.1. The van der Waals surface area contributed by atoms with Gasteiger partial charge in [-0.25, -0.2) is 0 Å². The van der Waals surface area contributed by atoms with Crippen LogP contribution in [0.25, 0.3) is 0 Å². The van der Waals surface area contributed by atoms with Crippen LogP contribution in [0, 0.1) is 5.92 Å². The third kappa shape index (κ3) is 13.0. The summed E-state index contributed by atoms with van der Waals surface area (Å²) in [5.74, 6) is 0.720. The normalized spacial score (nSPS) is 10.4. The maximum Gasteiger partial charge on any atom is 0.221 e. The third-order valence-electron chi connectivity index (χ3n) is 2.76. The number of unbranched alkanes of at least 4 members (excludes halogenated alkanes) is 3. The second kappa shape index (κ2) is 11.1. The number of nitrogens with one attached hydrogen (secondary N) is 2. The molecule has 0 heterocycles. The van der Waals surface area contributed by atoms with Gasteiger partial charge in [0.2, 0.25) is 11.8 Å². The van der Waals surface area contributed by atoms with E-state index in [1.54, 1.807) is 0 Å². The predicted octanol–water partition coefficient (Wildman–Crippen LogP) is 2.24. The Morgan fingerprint density at radius 3 is 2.22 bits per heavy atom. The fraction of sp³-hybridized carbons (Fsp3) is 0.857. The summed E-state index contributed by atoms with van der Waals surface area (Å²) in [6.07, 6.45) is 6.42. The molecule has 4 heteroatoms. The smallest absolute Gasteiger partial charge is 0.221 e. The van der Waals surface area contributed by atoms with E-state index in [4.69, 9.17) is 0 Å². The maximum absolute atomic E-state index is 11.3. The molecule has 2 N–H and O–H groups in total. The van der Waals surface area contributed by atoms with Gasteiger partial charge < -0.3 is 10.6 Å². The first-order valence-corrected chi connectivity index (χ1v) is 7.03. The molecule has 0 aromatic rings. The summed E-state index contributed by atoms with van der Waals surface area (Å²) in [5.41, 5.74) is 0. The largest absolute Gasteiger partial charge is 0.356 e. The van der Waals surface area contributed by atoms with Crippen molar-refractivity contribution in [2.45, 2.75) is 59.3 Å². The maximum atomic E-state index is 11.3. The number of rotatable bonds is 10. The van der Waals surface area contributed by atoms with Gasteiger partial charge >= 0.3 is 0 Å². The third-order valence-corrected chi connectivity index (χ3v) is 2.76. The van der Waals surface area contributed by atoms with Crippen LogP contribution in [0.4, 0.5) is 0 Å². The van der Waals surface area contributed by atoms with Gasteiger partial charge in [0.15, 0.2) is 0 Å². The first-order valence-electron chi connectivity index (χ1n) is 7.03. The molecule has 0 bridgehead atoms. The van der Waals surface area contributed by atoms with Crippen molar-refractivity contribution in [1.82, 2.24) is 10.6 Å². The molecule has 18 heavy (non-hydrogen) atoms. The Morgan fingerprint density at radius 2 is 1.61 bits per heavy atom. The Morgan fingerprint density at radius 1 is 0.944 bits per heavy atom. The Balaban J connectivity index is 3.22. The molecular formula is C14H28N2O2. The van der Waals surface area contributed by atoms with Crippen LogP contribution in [0.1, 0.15) is 59.3 Å². The topological polar surface area (TPSA) is 58.2 Å². The monoisotopic (exact) mass is 256 g/mol. The number of hydrogen-bond acceptors (Lipinski definition) is 2. The summed E-state index contributed by atoms with van der Waals surface area (Å²) in [4.78, 5) is 21.9. The van der Waals surface area contributed by atoms with Crippen LogP contribution in [0.15, 0.2) is 0 Å². The van der Waals surface area contributed by atoms with Gasteiger partial charge in [-0.3, -0.25) is 9.59 Å². The molecule has 0 atom stereocenters. The molecular weight excluding hydrogens is 228 g/mol. The fourth-order valence-corrected chi connectivity index (χ4v) is 1.70. The highest BCUT2D eigenvalue weighted by Crippen LogP contribution is 2.08. The minimum absolute atomic E-state index is 0.0194. The van der Waals surface area contributed by atoms with Gasteiger partial charge in [-0.05, 0) is 12.3 Å². The van der Waals surface area contributed by atoms with Crippen LogP contribution in [0.3, 0.4) is 0 Å². The lowest BCUT2D eigenvalue weighted by atomic mass is 10.0. The SMILES string of the molecule is CC(=O)NCCC(=O)NCCCCCCC(C)C. The second-order valence-electron chi connectivity index (χ2n) is 5.18. The Bertz CT molecular complexity index is 240. The van der Waals surface area contributed by atoms with Gasteiger partial charge in [-0.2, -0.15) is 0 Å².